The minimum atomic E-state index is 0.552. The molecule has 3 N–H and O–H groups in total. The van der Waals surface area contributed by atoms with E-state index in [-0.39, 0.29) is 0 Å². The van der Waals surface area contributed by atoms with Gasteiger partial charge in [-0.2, -0.15) is 0 Å². The van der Waals surface area contributed by atoms with Gasteiger partial charge in [-0.05, 0) is 25.5 Å². The van der Waals surface area contributed by atoms with Crippen LogP contribution < -0.4 is 11.1 Å². The summed E-state index contributed by atoms with van der Waals surface area (Å²) in [6.45, 7) is 1.82. The van der Waals surface area contributed by atoms with Gasteiger partial charge in [0.2, 0.25) is 0 Å². The van der Waals surface area contributed by atoms with E-state index in [4.69, 9.17) is 5.73 Å². The number of nitrogens with two attached hydrogens (primary N) is 1. The molecule has 0 saturated heterocycles. The first-order chi connectivity index (χ1) is 8.16. The Bertz CT molecular complexity index is 508. The summed E-state index contributed by atoms with van der Waals surface area (Å²) in [6, 6.07) is 10.0. The minimum Gasteiger partial charge on any atom is -0.384 e. The highest BCUT2D eigenvalue weighted by Crippen LogP contribution is 2.23. The van der Waals surface area contributed by atoms with Crippen molar-refractivity contribution in [3.63, 3.8) is 0 Å². The van der Waals surface area contributed by atoms with Gasteiger partial charge in [-0.3, -0.25) is 0 Å². The third-order valence-electron chi connectivity index (χ3n) is 2.61. The van der Waals surface area contributed by atoms with Crippen molar-refractivity contribution in [2.75, 3.05) is 38.2 Å². The van der Waals surface area contributed by atoms with Gasteiger partial charge in [0.25, 0.3) is 0 Å². The van der Waals surface area contributed by atoms with E-state index in [1.807, 2.05) is 38.4 Å². The molecule has 0 atom stereocenters. The van der Waals surface area contributed by atoms with Crippen molar-refractivity contribution in [3.05, 3.63) is 30.3 Å². The highest BCUT2D eigenvalue weighted by molar-refractivity contribution is 5.93. The first-order valence-corrected chi connectivity index (χ1v) is 5.70. The Labute approximate surface area is 101 Å². The molecule has 0 bridgehead atoms. The van der Waals surface area contributed by atoms with Crippen LogP contribution in [0.1, 0.15) is 0 Å². The van der Waals surface area contributed by atoms with Crippen LogP contribution in [0.5, 0.6) is 0 Å². The first kappa shape index (κ1) is 11.7. The molecule has 1 aromatic heterocycles. The lowest BCUT2D eigenvalue weighted by Gasteiger charge is -2.12. The molecule has 0 aliphatic carbocycles. The molecule has 1 aromatic carbocycles. The molecule has 90 valence electrons. The number of hydrogen-bond acceptors (Lipinski definition) is 4. The smallest absolute Gasteiger partial charge is 0.136 e. The number of fused-ring (bicyclic) bond motifs is 1. The second-order valence-electron chi connectivity index (χ2n) is 4.35. The van der Waals surface area contributed by atoms with Gasteiger partial charge < -0.3 is 16.0 Å². The lowest BCUT2D eigenvalue weighted by molar-refractivity contribution is 0.425. The van der Waals surface area contributed by atoms with Crippen LogP contribution >= 0.6 is 0 Å². The van der Waals surface area contributed by atoms with Crippen molar-refractivity contribution >= 4 is 22.4 Å². The largest absolute Gasteiger partial charge is 0.384 e. The third-order valence-corrected chi connectivity index (χ3v) is 2.61. The zero-order chi connectivity index (χ0) is 12.3. The molecule has 17 heavy (non-hydrogen) atoms. The van der Waals surface area contributed by atoms with Crippen LogP contribution in [0, 0.1) is 0 Å². The molecule has 4 heteroatoms. The topological polar surface area (TPSA) is 54.2 Å². The summed E-state index contributed by atoms with van der Waals surface area (Å²) in [4.78, 5) is 6.47. The Morgan fingerprint density at radius 3 is 2.82 bits per heavy atom. The minimum absolute atomic E-state index is 0.552. The maximum absolute atomic E-state index is 5.79. The van der Waals surface area contributed by atoms with Gasteiger partial charge in [0.15, 0.2) is 0 Å². The monoisotopic (exact) mass is 230 g/mol. The van der Waals surface area contributed by atoms with E-state index in [2.05, 4.69) is 21.3 Å². The fourth-order valence-electron chi connectivity index (χ4n) is 1.75. The van der Waals surface area contributed by atoms with Crippen LogP contribution in [-0.2, 0) is 0 Å². The maximum atomic E-state index is 5.79. The molecule has 0 fully saturated rings. The van der Waals surface area contributed by atoms with Crippen LogP contribution in [0.25, 0.3) is 10.8 Å². The van der Waals surface area contributed by atoms with Crippen LogP contribution in [0.4, 0.5) is 11.6 Å². The standard InChI is InChI=1S/C13H18N4/c1-17(2)8-7-15-13-11-6-4-3-5-10(11)9-12(14)16-13/h3-6,9H,7-8H2,1-2H3,(H3,14,15,16). The highest BCUT2D eigenvalue weighted by atomic mass is 15.1. The van der Waals surface area contributed by atoms with Crippen LogP contribution in [0.3, 0.4) is 0 Å². The fraction of sp³-hybridized carbons (Fsp3) is 0.308. The summed E-state index contributed by atoms with van der Waals surface area (Å²) >= 11 is 0. The van der Waals surface area contributed by atoms with E-state index in [0.717, 1.165) is 29.7 Å². The van der Waals surface area contributed by atoms with Gasteiger partial charge in [0.1, 0.15) is 11.6 Å². The number of rotatable bonds is 4. The molecule has 0 radical (unpaired) electrons. The fourth-order valence-corrected chi connectivity index (χ4v) is 1.75. The molecule has 1 heterocycles. The zero-order valence-electron chi connectivity index (χ0n) is 10.3. The Balaban J connectivity index is 2.26. The second kappa shape index (κ2) is 5.01. The lowest BCUT2D eigenvalue weighted by atomic mass is 10.1. The number of pyridine rings is 1. The summed E-state index contributed by atoms with van der Waals surface area (Å²) in [5, 5.41) is 5.56. The molecule has 2 aromatic rings. The SMILES string of the molecule is CN(C)CCNc1nc(N)cc2ccccc12. The molecule has 4 nitrogen and oxygen atoms in total. The highest BCUT2D eigenvalue weighted by Gasteiger charge is 2.03. The quantitative estimate of drug-likeness (QED) is 0.841. The molecule has 0 unspecified atom stereocenters. The van der Waals surface area contributed by atoms with Crippen molar-refractivity contribution < 1.29 is 0 Å². The predicted molar refractivity (Wildman–Crippen MR) is 73.2 cm³/mol. The van der Waals surface area contributed by atoms with E-state index >= 15 is 0 Å². The summed E-state index contributed by atoms with van der Waals surface area (Å²) in [5.41, 5.74) is 5.79. The number of nitrogens with zero attached hydrogens (tertiary/aromatic N) is 2. The summed E-state index contributed by atoms with van der Waals surface area (Å²) < 4.78 is 0. The molecule has 0 saturated carbocycles. The van der Waals surface area contributed by atoms with Crippen LogP contribution in [0.2, 0.25) is 0 Å². The van der Waals surface area contributed by atoms with Crippen LogP contribution in [-0.4, -0.2) is 37.1 Å². The normalized spacial score (nSPS) is 11.0. The number of anilines is 2. The second-order valence-corrected chi connectivity index (χ2v) is 4.35. The van der Waals surface area contributed by atoms with Crippen molar-refractivity contribution in [1.82, 2.24) is 9.88 Å². The Hall–Kier alpha value is -1.81. The molecule has 2 rings (SSSR count). The van der Waals surface area contributed by atoms with Crippen molar-refractivity contribution in [2.24, 2.45) is 0 Å². The van der Waals surface area contributed by atoms with Gasteiger partial charge in [-0.15, -0.1) is 0 Å². The first-order valence-electron chi connectivity index (χ1n) is 5.70. The van der Waals surface area contributed by atoms with E-state index in [1.54, 1.807) is 0 Å². The number of aromatic nitrogens is 1. The number of nitrogens with one attached hydrogen (secondary N) is 1. The third kappa shape index (κ3) is 2.85. The van der Waals surface area contributed by atoms with Gasteiger partial charge in [-0.25, -0.2) is 4.98 Å². The zero-order valence-corrected chi connectivity index (χ0v) is 10.3. The lowest BCUT2D eigenvalue weighted by Crippen LogP contribution is -2.21. The number of hydrogen-bond donors (Lipinski definition) is 2. The maximum Gasteiger partial charge on any atom is 0.136 e. The van der Waals surface area contributed by atoms with Crippen molar-refractivity contribution in [3.8, 4) is 0 Å². The molecule has 0 amide bonds. The molecule has 0 aliphatic heterocycles. The van der Waals surface area contributed by atoms with Gasteiger partial charge in [0, 0.05) is 18.5 Å². The van der Waals surface area contributed by atoms with E-state index in [1.165, 1.54) is 0 Å². The molecule has 0 aliphatic rings. The van der Waals surface area contributed by atoms with Gasteiger partial charge in [-0.1, -0.05) is 24.3 Å². The summed E-state index contributed by atoms with van der Waals surface area (Å²) in [7, 11) is 4.10. The molecular formula is C13H18N4. The van der Waals surface area contributed by atoms with Crippen molar-refractivity contribution in [2.45, 2.75) is 0 Å². The average molecular weight is 230 g/mol. The van der Waals surface area contributed by atoms with Crippen molar-refractivity contribution in [1.29, 1.82) is 0 Å². The molecular weight excluding hydrogens is 212 g/mol. The number of nitrogen functional groups attached to an aromatic ring is 1. The Morgan fingerprint density at radius 1 is 1.29 bits per heavy atom. The van der Waals surface area contributed by atoms with E-state index in [0.29, 0.717) is 5.82 Å². The number of likely N-dealkylation sites (N-methyl/N-ethyl adjacent to an activating group) is 1. The Morgan fingerprint density at radius 2 is 2.06 bits per heavy atom. The van der Waals surface area contributed by atoms with E-state index in [9.17, 15) is 0 Å². The summed E-state index contributed by atoms with van der Waals surface area (Å²) in [5.74, 6) is 1.42. The van der Waals surface area contributed by atoms with Crippen LogP contribution in [0.15, 0.2) is 30.3 Å². The van der Waals surface area contributed by atoms with E-state index < -0.39 is 0 Å². The Kier molecular flexibility index (Phi) is 3.44. The number of benzene rings is 1. The predicted octanol–water partition coefficient (Wildman–Crippen LogP) is 1.79. The van der Waals surface area contributed by atoms with Gasteiger partial charge in [0.05, 0.1) is 0 Å². The van der Waals surface area contributed by atoms with Gasteiger partial charge >= 0.3 is 0 Å². The average Bonchev–Trinajstić information content (AvgIpc) is 2.28. The molecule has 0 spiro atoms. The summed E-state index contributed by atoms with van der Waals surface area (Å²) in [6.07, 6.45) is 0.